The monoisotopic (exact) mass is 277 g/mol. The highest BCUT2D eigenvalue weighted by Crippen LogP contribution is 2.41. The number of nitrogens with zero attached hydrogens (tertiary/aromatic N) is 1. The van der Waals surface area contributed by atoms with Gasteiger partial charge in [0.1, 0.15) is 6.10 Å². The Hall–Kier alpha value is -2.01. The zero-order valence-electron chi connectivity index (χ0n) is 11.9. The van der Waals surface area contributed by atoms with Crippen LogP contribution >= 0.6 is 0 Å². The van der Waals surface area contributed by atoms with Gasteiger partial charge in [0.05, 0.1) is 13.0 Å². The van der Waals surface area contributed by atoms with Crippen LogP contribution in [0.3, 0.4) is 0 Å². The first-order chi connectivity index (χ1) is 9.47. The van der Waals surface area contributed by atoms with E-state index in [9.17, 15) is 15.0 Å². The van der Waals surface area contributed by atoms with Crippen LogP contribution in [0, 0.1) is 6.92 Å². The lowest BCUT2D eigenvalue weighted by Crippen LogP contribution is -2.28. The van der Waals surface area contributed by atoms with Gasteiger partial charge in [-0.25, -0.2) is 0 Å². The first kappa shape index (κ1) is 14.4. The van der Waals surface area contributed by atoms with E-state index in [2.05, 4.69) is 0 Å². The smallest absolute Gasteiger partial charge is 0.310 e. The number of esters is 1. The first-order valence-corrected chi connectivity index (χ1v) is 6.56. The Labute approximate surface area is 118 Å². The van der Waals surface area contributed by atoms with Gasteiger partial charge in [0.15, 0.2) is 5.88 Å². The van der Waals surface area contributed by atoms with Crippen molar-refractivity contribution in [1.82, 2.24) is 0 Å². The van der Waals surface area contributed by atoms with Gasteiger partial charge in [-0.3, -0.25) is 4.79 Å². The highest BCUT2D eigenvalue weighted by molar-refractivity contribution is 5.75. The predicted molar refractivity (Wildman–Crippen MR) is 75.4 cm³/mol. The lowest BCUT2D eigenvalue weighted by atomic mass is 9.90. The summed E-state index contributed by atoms with van der Waals surface area (Å²) < 4.78 is 4.88. The number of rotatable bonds is 3. The van der Waals surface area contributed by atoms with Crippen molar-refractivity contribution in [3.63, 3.8) is 0 Å². The number of carbonyl (C=O) groups excluding carboxylic acids is 1. The molecule has 5 heteroatoms. The maximum Gasteiger partial charge on any atom is 0.310 e. The molecule has 1 atom stereocenters. The molecule has 2 N–H and O–H groups in total. The molecule has 2 rings (SSSR count). The van der Waals surface area contributed by atoms with E-state index < -0.39 is 12.1 Å². The van der Waals surface area contributed by atoms with E-state index in [0.29, 0.717) is 5.56 Å². The summed E-state index contributed by atoms with van der Waals surface area (Å²) >= 11 is 0. The average Bonchev–Trinajstić information content (AvgIpc) is 2.41. The summed E-state index contributed by atoms with van der Waals surface area (Å²) in [6.07, 6.45) is -1.12. The van der Waals surface area contributed by atoms with Crippen molar-refractivity contribution in [1.29, 1.82) is 0 Å². The Balaban J connectivity index is 2.41. The van der Waals surface area contributed by atoms with E-state index in [4.69, 9.17) is 4.74 Å². The number of ether oxygens (including phenoxy) is 1. The molecule has 0 spiro atoms. The van der Waals surface area contributed by atoms with Crippen LogP contribution in [0.5, 0.6) is 0 Å². The third-order valence-electron chi connectivity index (χ3n) is 3.51. The minimum atomic E-state index is -0.994. The van der Waals surface area contributed by atoms with Crippen LogP contribution in [0.4, 0.5) is 5.69 Å². The molecule has 0 bridgehead atoms. The number of benzene rings is 1. The summed E-state index contributed by atoms with van der Waals surface area (Å²) in [6, 6.07) is 5.57. The van der Waals surface area contributed by atoms with E-state index >= 15 is 0 Å². The molecule has 1 heterocycles. The molecular formula is C15H19NO4. The molecule has 0 saturated heterocycles. The van der Waals surface area contributed by atoms with Gasteiger partial charge in [-0.05, 0) is 25.5 Å². The fourth-order valence-corrected chi connectivity index (χ4v) is 2.48. The molecule has 1 aromatic rings. The number of hydrogen-bond donors (Lipinski definition) is 2. The van der Waals surface area contributed by atoms with Crippen LogP contribution in [0.2, 0.25) is 0 Å². The number of hydrogen-bond acceptors (Lipinski definition) is 5. The van der Waals surface area contributed by atoms with Crippen molar-refractivity contribution in [2.24, 2.45) is 0 Å². The maximum atomic E-state index is 11.6. The van der Waals surface area contributed by atoms with Crippen molar-refractivity contribution in [2.75, 3.05) is 18.6 Å². The van der Waals surface area contributed by atoms with Crippen LogP contribution < -0.4 is 4.90 Å². The number of aryl methyl sites for hydroxylation is 1. The molecule has 0 saturated carbocycles. The summed E-state index contributed by atoms with van der Waals surface area (Å²) in [5.74, 6) is -0.554. The number of aliphatic hydroxyl groups excluding tert-OH is 2. The Morgan fingerprint density at radius 3 is 2.80 bits per heavy atom. The molecule has 1 aliphatic rings. The van der Waals surface area contributed by atoms with Gasteiger partial charge in [-0.1, -0.05) is 12.1 Å². The number of anilines is 1. The fraction of sp³-hybridized carbons (Fsp3) is 0.400. The minimum absolute atomic E-state index is 0.0938. The maximum absolute atomic E-state index is 11.6. The second-order valence-corrected chi connectivity index (χ2v) is 4.80. The molecule has 0 aliphatic carbocycles. The van der Waals surface area contributed by atoms with E-state index in [1.165, 1.54) is 0 Å². The van der Waals surface area contributed by atoms with Gasteiger partial charge in [0.2, 0.25) is 0 Å². The van der Waals surface area contributed by atoms with Crippen LogP contribution in [0.15, 0.2) is 29.7 Å². The van der Waals surface area contributed by atoms with Gasteiger partial charge in [-0.2, -0.15) is 0 Å². The summed E-state index contributed by atoms with van der Waals surface area (Å²) in [7, 11) is 1.70. The minimum Gasteiger partial charge on any atom is -0.494 e. The van der Waals surface area contributed by atoms with Crippen LogP contribution in [0.25, 0.3) is 0 Å². The quantitative estimate of drug-likeness (QED) is 0.829. The van der Waals surface area contributed by atoms with Crippen LogP contribution in [0.1, 0.15) is 30.6 Å². The molecule has 0 radical (unpaired) electrons. The highest BCUT2D eigenvalue weighted by Gasteiger charge is 2.32. The Bertz CT molecular complexity index is 565. The predicted octanol–water partition coefficient (Wildman–Crippen LogP) is 2.20. The van der Waals surface area contributed by atoms with E-state index in [-0.39, 0.29) is 24.5 Å². The van der Waals surface area contributed by atoms with Gasteiger partial charge < -0.3 is 19.8 Å². The zero-order chi connectivity index (χ0) is 14.9. The second-order valence-electron chi connectivity index (χ2n) is 4.80. The third kappa shape index (κ3) is 2.36. The van der Waals surface area contributed by atoms with Crippen molar-refractivity contribution < 1.29 is 19.7 Å². The van der Waals surface area contributed by atoms with E-state index in [0.717, 1.165) is 11.3 Å². The summed E-state index contributed by atoms with van der Waals surface area (Å²) in [5, 5.41) is 20.7. The van der Waals surface area contributed by atoms with E-state index in [1.807, 2.05) is 25.1 Å². The summed E-state index contributed by atoms with van der Waals surface area (Å²) in [4.78, 5) is 13.2. The van der Waals surface area contributed by atoms with Crippen molar-refractivity contribution >= 4 is 11.7 Å². The average molecular weight is 277 g/mol. The van der Waals surface area contributed by atoms with Gasteiger partial charge >= 0.3 is 5.97 Å². The summed E-state index contributed by atoms with van der Waals surface area (Å²) in [6.45, 7) is 3.88. The lowest BCUT2D eigenvalue weighted by Gasteiger charge is -2.33. The summed E-state index contributed by atoms with van der Waals surface area (Å²) in [5.41, 5.74) is 2.64. The molecule has 0 amide bonds. The number of fused-ring (bicyclic) bond motifs is 1. The third-order valence-corrected chi connectivity index (χ3v) is 3.51. The van der Waals surface area contributed by atoms with Gasteiger partial charge in [0, 0.05) is 23.9 Å². The second kappa shape index (κ2) is 5.54. The molecule has 20 heavy (non-hydrogen) atoms. The molecule has 1 aromatic carbocycles. The molecule has 0 aromatic heterocycles. The van der Waals surface area contributed by atoms with Crippen LogP contribution in [-0.4, -0.2) is 29.8 Å². The normalized spacial score (nSPS) is 18.0. The zero-order valence-corrected chi connectivity index (χ0v) is 11.9. The SMILES string of the molecule is CCOC(=O)CC1=C(O)N(C)c2cccc(C)c2C1O. The van der Waals surface area contributed by atoms with E-state index in [1.54, 1.807) is 18.9 Å². The molecular weight excluding hydrogens is 258 g/mol. The number of carbonyl (C=O) groups is 1. The molecule has 1 aliphatic heterocycles. The van der Waals surface area contributed by atoms with Gasteiger partial charge in [-0.15, -0.1) is 0 Å². The van der Waals surface area contributed by atoms with Crippen molar-refractivity contribution in [3.8, 4) is 0 Å². The molecule has 5 nitrogen and oxygen atoms in total. The Kier molecular flexibility index (Phi) is 3.99. The number of aliphatic hydroxyl groups is 2. The largest absolute Gasteiger partial charge is 0.494 e. The Morgan fingerprint density at radius 2 is 2.15 bits per heavy atom. The first-order valence-electron chi connectivity index (χ1n) is 6.56. The fourth-order valence-electron chi connectivity index (χ4n) is 2.48. The highest BCUT2D eigenvalue weighted by atomic mass is 16.5. The van der Waals surface area contributed by atoms with Gasteiger partial charge in [0.25, 0.3) is 0 Å². The van der Waals surface area contributed by atoms with Crippen molar-refractivity contribution in [3.05, 3.63) is 40.8 Å². The molecule has 0 fully saturated rings. The Morgan fingerprint density at radius 1 is 1.45 bits per heavy atom. The van der Waals surface area contributed by atoms with Crippen LogP contribution in [-0.2, 0) is 9.53 Å². The lowest BCUT2D eigenvalue weighted by molar-refractivity contribution is -0.142. The molecule has 1 unspecified atom stereocenters. The standard InChI is InChI=1S/C15H19NO4/c1-4-20-12(17)8-10-14(18)13-9(2)6-5-7-11(13)16(3)15(10)19/h5-7,14,18-19H,4,8H2,1-3H3. The van der Waals surface area contributed by atoms with Crippen molar-refractivity contribution in [2.45, 2.75) is 26.4 Å². The topological polar surface area (TPSA) is 70.0 Å². The molecule has 108 valence electrons.